The Morgan fingerprint density at radius 1 is 0.889 bits per heavy atom. The third-order valence-corrected chi connectivity index (χ3v) is 15.2. The largest absolute Gasteiger partial charge is 0.481 e. The smallest absolute Gasteiger partial charge is 0.312 e. The van der Waals surface area contributed by atoms with E-state index >= 15 is 0 Å². The van der Waals surface area contributed by atoms with E-state index in [9.17, 15) is 35.4 Å². The Bertz CT molecular complexity index is 1210. The van der Waals surface area contributed by atoms with Gasteiger partial charge in [-0.1, -0.05) is 60.1 Å². The van der Waals surface area contributed by atoms with Gasteiger partial charge in [-0.15, -0.1) is 0 Å². The maximum Gasteiger partial charge on any atom is 0.312 e. The third kappa shape index (κ3) is 4.54. The van der Waals surface area contributed by atoms with Gasteiger partial charge in [0, 0.05) is 0 Å². The highest BCUT2D eigenvalue weighted by atomic mass is 16.7. The lowest BCUT2D eigenvalue weighted by molar-refractivity contribution is -0.330. The van der Waals surface area contributed by atoms with Crippen molar-refractivity contribution in [3.05, 3.63) is 11.6 Å². The van der Waals surface area contributed by atoms with Crippen molar-refractivity contribution in [1.82, 2.24) is 0 Å². The van der Waals surface area contributed by atoms with E-state index in [1.165, 1.54) is 5.57 Å². The molecule has 0 amide bonds. The molecule has 0 spiro atoms. The van der Waals surface area contributed by atoms with Crippen LogP contribution in [0.2, 0.25) is 0 Å². The fourth-order valence-electron chi connectivity index (χ4n) is 12.3. The predicted molar refractivity (Wildman–Crippen MR) is 167 cm³/mol. The van der Waals surface area contributed by atoms with E-state index in [2.05, 4.69) is 54.5 Å². The summed E-state index contributed by atoms with van der Waals surface area (Å²) in [5, 5.41) is 63.5. The van der Waals surface area contributed by atoms with Gasteiger partial charge in [-0.3, -0.25) is 4.79 Å². The molecule has 7 unspecified atom stereocenters. The van der Waals surface area contributed by atoms with Crippen LogP contribution in [0.5, 0.6) is 0 Å². The monoisotopic (exact) mass is 634 g/mol. The molecule has 14 atom stereocenters. The van der Waals surface area contributed by atoms with Gasteiger partial charge in [0.25, 0.3) is 0 Å². The number of allylic oxidation sites excluding steroid dienone is 2. The second-order valence-electron chi connectivity index (χ2n) is 18.0. The zero-order valence-corrected chi connectivity index (χ0v) is 28.3. The van der Waals surface area contributed by atoms with E-state index in [0.29, 0.717) is 24.7 Å². The Morgan fingerprint density at radius 2 is 1.58 bits per heavy atom. The van der Waals surface area contributed by atoms with Crippen LogP contribution in [0.3, 0.4) is 0 Å². The molecule has 6 N–H and O–H groups in total. The lowest BCUT2D eigenvalue weighted by Crippen LogP contribution is -2.68. The lowest BCUT2D eigenvalue weighted by atomic mass is 9.33. The van der Waals surface area contributed by atoms with E-state index in [-0.39, 0.29) is 39.1 Å². The maximum atomic E-state index is 13.0. The molecule has 0 aromatic carbocycles. The molecular formula is C36H58O9. The number of ether oxygens (including phenoxy) is 2. The van der Waals surface area contributed by atoms with Crippen molar-refractivity contribution in [2.45, 2.75) is 149 Å². The van der Waals surface area contributed by atoms with Crippen LogP contribution in [0.15, 0.2) is 11.6 Å². The normalized spacial score (nSPS) is 53.6. The second-order valence-corrected chi connectivity index (χ2v) is 18.0. The zero-order chi connectivity index (χ0) is 33.1. The van der Waals surface area contributed by atoms with Crippen LogP contribution in [0.1, 0.15) is 106 Å². The molecule has 0 radical (unpaired) electrons. The Kier molecular flexibility index (Phi) is 8.05. The Morgan fingerprint density at radius 3 is 2.22 bits per heavy atom. The Balaban J connectivity index is 1.31. The highest BCUT2D eigenvalue weighted by Crippen LogP contribution is 2.76. The van der Waals surface area contributed by atoms with Gasteiger partial charge in [0.05, 0.1) is 18.8 Å². The molecular weight excluding hydrogens is 576 g/mol. The van der Waals surface area contributed by atoms with E-state index in [1.807, 2.05) is 0 Å². The fourth-order valence-corrected chi connectivity index (χ4v) is 12.3. The highest BCUT2D eigenvalue weighted by Gasteiger charge is 2.71. The average Bonchev–Trinajstić information content (AvgIpc) is 2.94. The number of aliphatic hydroxyl groups excluding tert-OH is 5. The molecule has 1 aliphatic heterocycles. The van der Waals surface area contributed by atoms with Gasteiger partial charge in [0.1, 0.15) is 29.8 Å². The first-order valence-corrected chi connectivity index (χ1v) is 17.4. The van der Waals surface area contributed by atoms with E-state index < -0.39 is 54.8 Å². The molecule has 0 aromatic heterocycles. The minimum atomic E-state index is -1.47. The first kappa shape index (κ1) is 33.8. The Hall–Kier alpha value is -1.07. The summed E-state index contributed by atoms with van der Waals surface area (Å²) in [5.74, 6) is -0.382. The summed E-state index contributed by atoms with van der Waals surface area (Å²) in [6.07, 6.45) is 1.79. The van der Waals surface area contributed by atoms with Crippen molar-refractivity contribution in [1.29, 1.82) is 0 Å². The molecule has 5 fully saturated rings. The highest BCUT2D eigenvalue weighted by molar-refractivity contribution is 5.77. The summed E-state index contributed by atoms with van der Waals surface area (Å²) in [4.78, 5) is 13.0. The van der Waals surface area contributed by atoms with Crippen molar-refractivity contribution < 1.29 is 44.9 Å². The molecule has 6 rings (SSSR count). The zero-order valence-electron chi connectivity index (χ0n) is 28.3. The molecule has 0 aromatic rings. The lowest BCUT2D eigenvalue weighted by Gasteiger charge is -2.71. The SMILES string of the molecule is CC1(C)CCC2(C(=O)O)C(C1)C1=CCC3C4(C)CCC(O[C@@H]5O[C@H](CO)[C@@H](O)[C@H](O)[C@H]5O)C(C)(C)C4CCC3(C)[C@]1(C)C[C@H]2O. The van der Waals surface area contributed by atoms with E-state index in [1.54, 1.807) is 0 Å². The standard InChI is InChI=1S/C36H58O9/c1-31(2)14-15-36(30(42)43)20(16-31)19-8-9-23-33(5)12-11-25(45-29-28(41)27(40)26(39)21(18-37)44-29)32(3,4)22(33)10-13-34(23,6)35(19,7)17-24(36)38/h8,20-29,37-41H,9-18H2,1-7H3,(H,42,43)/t20?,21-,22?,23?,24-,25?,26-,27+,28-,29+,33?,34?,35-,36?/m1/s1. The fraction of sp³-hybridized carbons (Fsp3) is 0.917. The van der Waals surface area contributed by atoms with Crippen LogP contribution in [0.4, 0.5) is 0 Å². The summed E-state index contributed by atoms with van der Waals surface area (Å²) in [7, 11) is 0. The molecule has 9 nitrogen and oxygen atoms in total. The van der Waals surface area contributed by atoms with Gasteiger partial charge in [0.2, 0.25) is 0 Å². The predicted octanol–water partition coefficient (Wildman–Crippen LogP) is 4.03. The van der Waals surface area contributed by atoms with Gasteiger partial charge in [0.15, 0.2) is 6.29 Å². The van der Waals surface area contributed by atoms with Crippen LogP contribution in [-0.4, -0.2) is 86.1 Å². The van der Waals surface area contributed by atoms with Crippen LogP contribution in [0.25, 0.3) is 0 Å². The van der Waals surface area contributed by atoms with Crippen molar-refractivity contribution in [3.8, 4) is 0 Å². The quantitative estimate of drug-likeness (QED) is 0.199. The summed E-state index contributed by atoms with van der Waals surface area (Å²) in [5.41, 5.74) is -0.571. The Labute approximate surface area is 268 Å². The van der Waals surface area contributed by atoms with Crippen LogP contribution in [-0.2, 0) is 14.3 Å². The number of carboxylic acid groups (broad SMARTS) is 1. The van der Waals surface area contributed by atoms with Gasteiger partial charge in [-0.25, -0.2) is 0 Å². The molecule has 1 saturated heterocycles. The molecule has 1 heterocycles. The molecule has 9 heteroatoms. The topological polar surface area (TPSA) is 157 Å². The molecule has 0 bridgehead atoms. The van der Waals surface area contributed by atoms with Gasteiger partial charge in [-0.2, -0.15) is 0 Å². The number of carbonyl (C=O) groups is 1. The summed E-state index contributed by atoms with van der Waals surface area (Å²) in [6, 6.07) is 0. The van der Waals surface area contributed by atoms with Gasteiger partial charge in [-0.05, 0) is 103 Å². The van der Waals surface area contributed by atoms with Gasteiger partial charge >= 0.3 is 5.97 Å². The first-order chi connectivity index (χ1) is 20.8. The van der Waals surface area contributed by atoms with Gasteiger partial charge < -0.3 is 40.1 Å². The molecule has 6 aliphatic rings. The van der Waals surface area contributed by atoms with Crippen molar-refractivity contribution in [3.63, 3.8) is 0 Å². The molecule has 45 heavy (non-hydrogen) atoms. The number of carboxylic acids is 1. The number of aliphatic hydroxyl groups is 5. The van der Waals surface area contributed by atoms with Crippen LogP contribution in [0, 0.1) is 50.2 Å². The molecule has 5 aliphatic carbocycles. The van der Waals surface area contributed by atoms with E-state index in [0.717, 1.165) is 44.9 Å². The number of rotatable bonds is 4. The maximum absolute atomic E-state index is 13.0. The number of aliphatic carboxylic acids is 1. The molecule has 256 valence electrons. The minimum absolute atomic E-state index is 0.0210. The number of hydrogen-bond acceptors (Lipinski definition) is 8. The van der Waals surface area contributed by atoms with E-state index in [4.69, 9.17) is 9.47 Å². The first-order valence-electron chi connectivity index (χ1n) is 17.4. The summed E-state index contributed by atoms with van der Waals surface area (Å²) >= 11 is 0. The van der Waals surface area contributed by atoms with Crippen molar-refractivity contribution in [2.75, 3.05) is 6.61 Å². The average molecular weight is 635 g/mol. The van der Waals surface area contributed by atoms with Crippen LogP contribution >= 0.6 is 0 Å². The third-order valence-electron chi connectivity index (χ3n) is 15.2. The minimum Gasteiger partial charge on any atom is -0.481 e. The summed E-state index contributed by atoms with van der Waals surface area (Å²) < 4.78 is 12.2. The number of hydrogen-bond donors (Lipinski definition) is 6. The van der Waals surface area contributed by atoms with Crippen LogP contribution < -0.4 is 0 Å². The number of fused-ring (bicyclic) bond motifs is 7. The van der Waals surface area contributed by atoms with Crippen molar-refractivity contribution in [2.24, 2.45) is 50.2 Å². The summed E-state index contributed by atoms with van der Waals surface area (Å²) in [6.45, 7) is 15.6. The molecule has 4 saturated carbocycles. The second kappa shape index (κ2) is 10.7. The van der Waals surface area contributed by atoms with Crippen molar-refractivity contribution >= 4 is 5.97 Å².